The fourth-order valence-corrected chi connectivity index (χ4v) is 5.31. The Bertz CT molecular complexity index is 516. The van der Waals surface area contributed by atoms with Crippen molar-refractivity contribution >= 4 is 10.0 Å². The minimum atomic E-state index is -3.20. The summed E-state index contributed by atoms with van der Waals surface area (Å²) in [7, 11) is -3.20. The predicted octanol–water partition coefficient (Wildman–Crippen LogP) is 1.34. The molecule has 19 heavy (non-hydrogen) atoms. The van der Waals surface area contributed by atoms with Crippen molar-refractivity contribution in [1.29, 1.82) is 0 Å². The Morgan fingerprint density at radius 2 is 1.84 bits per heavy atom. The van der Waals surface area contributed by atoms with Gasteiger partial charge in [-0.3, -0.25) is 0 Å². The molecular formula is C14H20N2O2S. The molecule has 0 amide bonds. The lowest BCUT2D eigenvalue weighted by Gasteiger charge is -2.26. The van der Waals surface area contributed by atoms with Gasteiger partial charge in [-0.2, -0.15) is 4.31 Å². The Balaban J connectivity index is 1.84. The second-order valence-corrected chi connectivity index (χ2v) is 7.32. The van der Waals surface area contributed by atoms with Gasteiger partial charge in [0.2, 0.25) is 10.0 Å². The zero-order valence-electron chi connectivity index (χ0n) is 11.0. The van der Waals surface area contributed by atoms with Crippen LogP contribution in [-0.4, -0.2) is 37.9 Å². The van der Waals surface area contributed by atoms with E-state index < -0.39 is 10.0 Å². The summed E-state index contributed by atoms with van der Waals surface area (Å²) >= 11 is 0. The zero-order chi connectivity index (χ0) is 13.3. The van der Waals surface area contributed by atoms with Crippen molar-refractivity contribution < 1.29 is 8.42 Å². The van der Waals surface area contributed by atoms with Gasteiger partial charge in [-0.15, -0.1) is 0 Å². The number of rotatable bonds is 3. The molecule has 1 aromatic carbocycles. The molecule has 2 unspecified atom stereocenters. The standard InChI is InChI=1S/C14H20N2O2S/c17-19(18,11-12-4-2-1-3-5-12)16-13-6-7-14(16)10-15-9-8-13/h1-5,13-15H,6-11H2. The van der Waals surface area contributed by atoms with Crippen LogP contribution in [0.1, 0.15) is 24.8 Å². The van der Waals surface area contributed by atoms with Crippen LogP contribution in [0, 0.1) is 0 Å². The fourth-order valence-electron chi connectivity index (χ4n) is 3.25. The number of hydrogen-bond donors (Lipinski definition) is 1. The van der Waals surface area contributed by atoms with Gasteiger partial charge in [-0.05, 0) is 31.4 Å². The number of fused-ring (bicyclic) bond motifs is 2. The Morgan fingerprint density at radius 1 is 1.11 bits per heavy atom. The summed E-state index contributed by atoms with van der Waals surface area (Å²) in [6.07, 6.45) is 2.94. The quantitative estimate of drug-likeness (QED) is 0.909. The molecule has 0 radical (unpaired) electrons. The van der Waals surface area contributed by atoms with Crippen LogP contribution in [0.4, 0.5) is 0 Å². The molecule has 4 nitrogen and oxygen atoms in total. The van der Waals surface area contributed by atoms with E-state index in [9.17, 15) is 8.42 Å². The summed E-state index contributed by atoms with van der Waals surface area (Å²) in [6, 6.07) is 9.82. The van der Waals surface area contributed by atoms with Gasteiger partial charge in [0, 0.05) is 18.6 Å². The summed E-state index contributed by atoms with van der Waals surface area (Å²) < 4.78 is 27.1. The van der Waals surface area contributed by atoms with Crippen LogP contribution in [0.15, 0.2) is 30.3 Å². The summed E-state index contributed by atoms with van der Waals surface area (Å²) in [5.74, 6) is 0.126. The van der Waals surface area contributed by atoms with Crippen LogP contribution in [0.5, 0.6) is 0 Å². The third kappa shape index (κ3) is 2.68. The Kier molecular flexibility index (Phi) is 3.60. The first-order valence-electron chi connectivity index (χ1n) is 6.93. The molecule has 5 heteroatoms. The molecule has 2 fully saturated rings. The van der Waals surface area contributed by atoms with E-state index in [2.05, 4.69) is 5.32 Å². The maximum absolute atomic E-state index is 12.7. The first-order chi connectivity index (χ1) is 9.17. The van der Waals surface area contributed by atoms with Crippen molar-refractivity contribution in [3.8, 4) is 0 Å². The SMILES string of the molecule is O=S(=O)(Cc1ccccc1)N1C2CCNCC1CC2. The normalized spacial score (nSPS) is 28.2. The molecule has 0 saturated carbocycles. The van der Waals surface area contributed by atoms with Gasteiger partial charge >= 0.3 is 0 Å². The Hall–Kier alpha value is -0.910. The topological polar surface area (TPSA) is 49.4 Å². The number of nitrogens with zero attached hydrogens (tertiary/aromatic N) is 1. The van der Waals surface area contributed by atoms with Gasteiger partial charge < -0.3 is 5.32 Å². The lowest BCUT2D eigenvalue weighted by atomic mass is 10.1. The predicted molar refractivity (Wildman–Crippen MR) is 75.2 cm³/mol. The molecule has 0 spiro atoms. The van der Waals surface area contributed by atoms with Crippen molar-refractivity contribution in [3.05, 3.63) is 35.9 Å². The number of nitrogens with one attached hydrogen (secondary N) is 1. The van der Waals surface area contributed by atoms with E-state index in [1.54, 1.807) is 4.31 Å². The maximum Gasteiger partial charge on any atom is 0.218 e. The molecule has 2 saturated heterocycles. The van der Waals surface area contributed by atoms with Gasteiger partial charge in [0.15, 0.2) is 0 Å². The second kappa shape index (κ2) is 5.23. The highest BCUT2D eigenvalue weighted by molar-refractivity contribution is 7.88. The minimum absolute atomic E-state index is 0.126. The van der Waals surface area contributed by atoms with E-state index in [4.69, 9.17) is 0 Å². The Labute approximate surface area is 114 Å². The minimum Gasteiger partial charge on any atom is -0.315 e. The highest BCUT2D eigenvalue weighted by atomic mass is 32.2. The van der Waals surface area contributed by atoms with Crippen LogP contribution in [0.25, 0.3) is 0 Å². The third-order valence-electron chi connectivity index (χ3n) is 4.10. The Morgan fingerprint density at radius 3 is 2.63 bits per heavy atom. The third-order valence-corrected chi connectivity index (χ3v) is 6.04. The molecule has 2 aliphatic rings. The molecule has 0 aliphatic carbocycles. The summed E-state index contributed by atoms with van der Waals surface area (Å²) in [5.41, 5.74) is 0.874. The average molecular weight is 280 g/mol. The average Bonchev–Trinajstić information content (AvgIpc) is 2.64. The highest BCUT2D eigenvalue weighted by Crippen LogP contribution is 2.31. The van der Waals surface area contributed by atoms with Crippen LogP contribution < -0.4 is 5.32 Å². The monoisotopic (exact) mass is 280 g/mol. The largest absolute Gasteiger partial charge is 0.315 e. The molecule has 2 heterocycles. The van der Waals surface area contributed by atoms with Crippen molar-refractivity contribution in [2.24, 2.45) is 0 Å². The molecule has 1 N–H and O–H groups in total. The molecule has 2 bridgehead atoms. The number of sulfonamides is 1. The maximum atomic E-state index is 12.7. The van der Waals surface area contributed by atoms with Crippen LogP contribution in [0.2, 0.25) is 0 Å². The molecule has 0 aromatic heterocycles. The van der Waals surface area contributed by atoms with Crippen molar-refractivity contribution in [1.82, 2.24) is 9.62 Å². The lowest BCUT2D eigenvalue weighted by Crippen LogP contribution is -2.43. The van der Waals surface area contributed by atoms with E-state index >= 15 is 0 Å². The lowest BCUT2D eigenvalue weighted by molar-refractivity contribution is 0.334. The summed E-state index contributed by atoms with van der Waals surface area (Å²) in [4.78, 5) is 0. The molecular weight excluding hydrogens is 260 g/mol. The van der Waals surface area contributed by atoms with Crippen LogP contribution >= 0.6 is 0 Å². The molecule has 2 aliphatic heterocycles. The summed E-state index contributed by atoms with van der Waals surface area (Å²) in [5, 5.41) is 3.34. The zero-order valence-corrected chi connectivity index (χ0v) is 11.8. The smallest absolute Gasteiger partial charge is 0.218 e. The summed E-state index contributed by atoms with van der Waals surface area (Å²) in [6.45, 7) is 1.73. The van der Waals surface area contributed by atoms with Gasteiger partial charge in [0.25, 0.3) is 0 Å². The first kappa shape index (κ1) is 13.1. The van der Waals surface area contributed by atoms with Crippen molar-refractivity contribution in [2.75, 3.05) is 13.1 Å². The van der Waals surface area contributed by atoms with Gasteiger partial charge in [-0.25, -0.2) is 8.42 Å². The van der Waals surface area contributed by atoms with E-state index in [0.29, 0.717) is 0 Å². The van der Waals surface area contributed by atoms with Crippen LogP contribution in [0.3, 0.4) is 0 Å². The first-order valence-corrected chi connectivity index (χ1v) is 8.53. The van der Waals surface area contributed by atoms with Gasteiger partial charge in [0.05, 0.1) is 5.75 Å². The second-order valence-electron chi connectivity index (χ2n) is 5.45. The number of benzene rings is 1. The van der Waals surface area contributed by atoms with E-state index in [-0.39, 0.29) is 17.8 Å². The fraction of sp³-hybridized carbons (Fsp3) is 0.571. The van der Waals surface area contributed by atoms with E-state index in [1.165, 1.54) is 0 Å². The van der Waals surface area contributed by atoms with Crippen LogP contribution in [-0.2, 0) is 15.8 Å². The molecule has 104 valence electrons. The van der Waals surface area contributed by atoms with E-state index in [0.717, 1.165) is 37.9 Å². The molecule has 3 rings (SSSR count). The molecule has 1 aromatic rings. The van der Waals surface area contributed by atoms with Crippen molar-refractivity contribution in [3.63, 3.8) is 0 Å². The number of hydrogen-bond acceptors (Lipinski definition) is 3. The highest BCUT2D eigenvalue weighted by Gasteiger charge is 2.42. The van der Waals surface area contributed by atoms with Gasteiger partial charge in [0.1, 0.15) is 0 Å². The van der Waals surface area contributed by atoms with E-state index in [1.807, 2.05) is 30.3 Å². The molecule has 2 atom stereocenters. The van der Waals surface area contributed by atoms with Gasteiger partial charge in [-0.1, -0.05) is 30.3 Å². The van der Waals surface area contributed by atoms with Crippen molar-refractivity contribution in [2.45, 2.75) is 37.1 Å².